The van der Waals surface area contributed by atoms with Gasteiger partial charge in [-0.3, -0.25) is 14.6 Å². The molecule has 0 amide bonds. The van der Waals surface area contributed by atoms with Crippen molar-refractivity contribution in [3.8, 4) is 0 Å². The Morgan fingerprint density at radius 1 is 1.39 bits per heavy atom. The second-order valence-electron chi connectivity index (χ2n) is 5.97. The van der Waals surface area contributed by atoms with E-state index in [0.717, 1.165) is 23.9 Å². The summed E-state index contributed by atoms with van der Waals surface area (Å²) in [6.45, 7) is 0.746. The SMILES string of the molecule is N[C@@](CC(=O)O)(C(=O)[C@H]1CCCN1)c1cnc2ccccc2c1. The van der Waals surface area contributed by atoms with Gasteiger partial charge in [0, 0.05) is 11.6 Å². The van der Waals surface area contributed by atoms with Crippen LogP contribution in [-0.4, -0.2) is 34.4 Å². The number of Topliss-reactive ketones (excluding diaryl/α,β-unsaturated/α-hetero) is 1. The number of rotatable bonds is 5. The number of hydrogen-bond acceptors (Lipinski definition) is 5. The first kappa shape index (κ1) is 15.6. The fourth-order valence-electron chi connectivity index (χ4n) is 3.10. The van der Waals surface area contributed by atoms with Gasteiger partial charge in [0.25, 0.3) is 0 Å². The Balaban J connectivity index is 2.05. The molecular formula is C17H19N3O3. The van der Waals surface area contributed by atoms with Gasteiger partial charge in [0.2, 0.25) is 0 Å². The minimum Gasteiger partial charge on any atom is -0.481 e. The number of hydrogen-bond donors (Lipinski definition) is 3. The molecule has 1 aliphatic heterocycles. The first-order valence-corrected chi connectivity index (χ1v) is 7.64. The lowest BCUT2D eigenvalue weighted by Gasteiger charge is -2.29. The zero-order chi connectivity index (χ0) is 16.4. The maximum Gasteiger partial charge on any atom is 0.306 e. The maximum absolute atomic E-state index is 12.9. The number of nitrogens with zero attached hydrogens (tertiary/aromatic N) is 1. The molecule has 23 heavy (non-hydrogen) atoms. The summed E-state index contributed by atoms with van der Waals surface area (Å²) in [5, 5.41) is 13.2. The Bertz CT molecular complexity index is 756. The van der Waals surface area contributed by atoms with Gasteiger partial charge in [-0.05, 0) is 37.1 Å². The monoisotopic (exact) mass is 313 g/mol. The molecule has 2 heterocycles. The summed E-state index contributed by atoms with van der Waals surface area (Å²) in [6, 6.07) is 8.82. The van der Waals surface area contributed by atoms with E-state index >= 15 is 0 Å². The quantitative estimate of drug-likeness (QED) is 0.765. The van der Waals surface area contributed by atoms with Crippen LogP contribution in [0.25, 0.3) is 10.9 Å². The van der Waals surface area contributed by atoms with Crippen molar-refractivity contribution in [2.75, 3.05) is 6.54 Å². The van der Waals surface area contributed by atoms with E-state index in [1.807, 2.05) is 24.3 Å². The number of carbonyl (C=O) groups is 2. The Kier molecular flexibility index (Phi) is 4.11. The van der Waals surface area contributed by atoms with Gasteiger partial charge in [-0.2, -0.15) is 0 Å². The number of pyridine rings is 1. The van der Waals surface area contributed by atoms with Gasteiger partial charge in [0.15, 0.2) is 5.78 Å². The van der Waals surface area contributed by atoms with Gasteiger partial charge in [0.05, 0.1) is 18.0 Å². The smallest absolute Gasteiger partial charge is 0.306 e. The lowest BCUT2D eigenvalue weighted by Crippen LogP contribution is -2.53. The molecule has 120 valence electrons. The number of benzene rings is 1. The lowest BCUT2D eigenvalue weighted by molar-refractivity contribution is -0.142. The number of nitrogens with one attached hydrogen (secondary N) is 1. The molecule has 0 bridgehead atoms. The molecule has 6 nitrogen and oxygen atoms in total. The third-order valence-corrected chi connectivity index (χ3v) is 4.35. The van der Waals surface area contributed by atoms with Crippen LogP contribution in [0.2, 0.25) is 0 Å². The van der Waals surface area contributed by atoms with E-state index in [2.05, 4.69) is 10.3 Å². The van der Waals surface area contributed by atoms with Gasteiger partial charge >= 0.3 is 5.97 Å². The van der Waals surface area contributed by atoms with E-state index in [-0.39, 0.29) is 5.78 Å². The van der Waals surface area contributed by atoms with Crippen LogP contribution in [0, 0.1) is 0 Å². The predicted octanol–water partition coefficient (Wildman–Crippen LogP) is 1.18. The first-order chi connectivity index (χ1) is 11.0. The fraction of sp³-hybridized carbons (Fsp3) is 0.353. The van der Waals surface area contributed by atoms with Crippen LogP contribution in [0.15, 0.2) is 36.5 Å². The number of aromatic nitrogens is 1. The number of aliphatic carboxylic acids is 1. The summed E-state index contributed by atoms with van der Waals surface area (Å²) in [5.41, 5.74) is 5.97. The Morgan fingerprint density at radius 3 is 2.87 bits per heavy atom. The van der Waals surface area contributed by atoms with Crippen molar-refractivity contribution in [3.63, 3.8) is 0 Å². The zero-order valence-corrected chi connectivity index (χ0v) is 12.7. The van der Waals surface area contributed by atoms with Gasteiger partial charge in [-0.1, -0.05) is 18.2 Å². The molecule has 0 aliphatic carbocycles. The topological polar surface area (TPSA) is 105 Å². The highest BCUT2D eigenvalue weighted by Crippen LogP contribution is 2.28. The lowest BCUT2D eigenvalue weighted by atomic mass is 9.80. The van der Waals surface area contributed by atoms with Crippen LogP contribution in [0.3, 0.4) is 0 Å². The molecule has 0 saturated carbocycles. The minimum atomic E-state index is -1.58. The summed E-state index contributed by atoms with van der Waals surface area (Å²) in [7, 11) is 0. The maximum atomic E-state index is 12.9. The second-order valence-corrected chi connectivity index (χ2v) is 5.97. The van der Waals surface area contributed by atoms with E-state index in [4.69, 9.17) is 5.73 Å². The number of carboxylic acid groups (broad SMARTS) is 1. The summed E-state index contributed by atoms with van der Waals surface area (Å²) in [5.74, 6) is -1.39. The van der Waals surface area contributed by atoms with Crippen molar-refractivity contribution in [3.05, 3.63) is 42.1 Å². The standard InChI is InChI=1S/C17H19N3O3/c18-17(9-15(21)22,16(23)14-6-3-7-19-14)12-8-11-4-1-2-5-13(11)20-10-12/h1-2,4-5,8,10,14,19H,3,6-7,9,18H2,(H,21,22)/t14-,17-/m1/s1. The number of nitrogens with two attached hydrogens (primary N) is 1. The molecule has 1 aromatic heterocycles. The van der Waals surface area contributed by atoms with Crippen molar-refractivity contribution >= 4 is 22.7 Å². The van der Waals surface area contributed by atoms with Crippen LogP contribution < -0.4 is 11.1 Å². The molecule has 3 rings (SSSR count). The van der Waals surface area contributed by atoms with Crippen LogP contribution in [-0.2, 0) is 15.1 Å². The molecular weight excluding hydrogens is 294 g/mol. The molecule has 1 aromatic carbocycles. The molecule has 1 fully saturated rings. The molecule has 6 heteroatoms. The highest BCUT2D eigenvalue weighted by atomic mass is 16.4. The van der Waals surface area contributed by atoms with E-state index in [9.17, 15) is 14.7 Å². The zero-order valence-electron chi connectivity index (χ0n) is 12.7. The van der Waals surface area contributed by atoms with Crippen molar-refractivity contribution in [2.24, 2.45) is 5.73 Å². The summed E-state index contributed by atoms with van der Waals surface area (Å²) >= 11 is 0. The normalized spacial score (nSPS) is 20.3. The second kappa shape index (κ2) is 6.06. The molecule has 4 N–H and O–H groups in total. The van der Waals surface area contributed by atoms with Crippen LogP contribution >= 0.6 is 0 Å². The minimum absolute atomic E-state index is 0.283. The number of para-hydroxylation sites is 1. The van der Waals surface area contributed by atoms with Crippen LogP contribution in [0.4, 0.5) is 0 Å². The predicted molar refractivity (Wildman–Crippen MR) is 85.9 cm³/mol. The molecule has 2 atom stereocenters. The average molecular weight is 313 g/mol. The van der Waals surface area contributed by atoms with Gasteiger partial charge < -0.3 is 16.2 Å². The van der Waals surface area contributed by atoms with Gasteiger partial charge in [0.1, 0.15) is 5.54 Å². The van der Waals surface area contributed by atoms with Gasteiger partial charge in [-0.25, -0.2) is 0 Å². The molecule has 2 aromatic rings. The summed E-state index contributed by atoms with van der Waals surface area (Å²) < 4.78 is 0. The molecule has 1 saturated heterocycles. The fourth-order valence-corrected chi connectivity index (χ4v) is 3.10. The van der Waals surface area contributed by atoms with Crippen molar-refractivity contribution in [2.45, 2.75) is 30.8 Å². The summed E-state index contributed by atoms with van der Waals surface area (Å²) in [6.07, 6.45) is 2.62. The number of carboxylic acids is 1. The van der Waals surface area contributed by atoms with Crippen molar-refractivity contribution in [1.29, 1.82) is 0 Å². The Morgan fingerprint density at radius 2 is 2.17 bits per heavy atom. The first-order valence-electron chi connectivity index (χ1n) is 7.64. The molecule has 1 aliphatic rings. The molecule has 0 radical (unpaired) electrons. The largest absolute Gasteiger partial charge is 0.481 e. The Labute approximate surface area is 133 Å². The van der Waals surface area contributed by atoms with Crippen LogP contribution in [0.5, 0.6) is 0 Å². The number of ketones is 1. The van der Waals surface area contributed by atoms with E-state index in [1.165, 1.54) is 6.20 Å². The highest BCUT2D eigenvalue weighted by molar-refractivity contribution is 5.97. The summed E-state index contributed by atoms with van der Waals surface area (Å²) in [4.78, 5) is 28.5. The third-order valence-electron chi connectivity index (χ3n) is 4.35. The number of fused-ring (bicyclic) bond motifs is 1. The average Bonchev–Trinajstić information content (AvgIpc) is 3.07. The third kappa shape index (κ3) is 2.95. The Hall–Kier alpha value is -2.31. The number of carbonyl (C=O) groups excluding carboxylic acids is 1. The van der Waals surface area contributed by atoms with Crippen molar-refractivity contribution < 1.29 is 14.7 Å². The van der Waals surface area contributed by atoms with Crippen LogP contribution in [0.1, 0.15) is 24.8 Å². The van der Waals surface area contributed by atoms with Crippen molar-refractivity contribution in [1.82, 2.24) is 10.3 Å². The molecule has 0 spiro atoms. The van der Waals surface area contributed by atoms with E-state index < -0.39 is 24.0 Å². The molecule has 0 unspecified atom stereocenters. The van der Waals surface area contributed by atoms with E-state index in [0.29, 0.717) is 12.0 Å². The van der Waals surface area contributed by atoms with E-state index in [1.54, 1.807) is 6.07 Å². The van der Waals surface area contributed by atoms with Gasteiger partial charge in [-0.15, -0.1) is 0 Å². The highest BCUT2D eigenvalue weighted by Gasteiger charge is 2.43.